The van der Waals surface area contributed by atoms with Crippen LogP contribution in [0.15, 0.2) is 18.2 Å². The van der Waals surface area contributed by atoms with E-state index in [1.54, 1.807) is 6.07 Å². The van der Waals surface area contributed by atoms with Gasteiger partial charge in [-0.25, -0.2) is 4.39 Å². The highest BCUT2D eigenvalue weighted by atomic mass is 19.1. The minimum Gasteiger partial charge on any atom is -0.369 e. The number of nitrogens with one attached hydrogen (secondary N) is 1. The molecule has 5 heteroatoms. The minimum atomic E-state index is -0.189. The molecule has 0 aliphatic carbocycles. The first-order chi connectivity index (χ1) is 10.1. The molecule has 2 aliphatic rings. The van der Waals surface area contributed by atoms with Crippen molar-refractivity contribution < 1.29 is 9.18 Å². The topological polar surface area (TPSA) is 35.6 Å². The zero-order valence-electron chi connectivity index (χ0n) is 12.4. The third-order valence-electron chi connectivity index (χ3n) is 4.55. The van der Waals surface area contributed by atoms with Crippen molar-refractivity contribution in [2.75, 3.05) is 44.7 Å². The lowest BCUT2D eigenvalue weighted by Gasteiger charge is -2.35. The van der Waals surface area contributed by atoms with E-state index in [2.05, 4.69) is 22.2 Å². The molecule has 1 amide bonds. The number of carbonyl (C=O) groups is 1. The summed E-state index contributed by atoms with van der Waals surface area (Å²) in [6.07, 6.45) is 1.30. The van der Waals surface area contributed by atoms with Crippen LogP contribution in [0.5, 0.6) is 0 Å². The molecule has 114 valence electrons. The predicted octanol–water partition coefficient (Wildman–Crippen LogP) is 1.26. The van der Waals surface area contributed by atoms with Gasteiger partial charge in [0.25, 0.3) is 0 Å². The van der Waals surface area contributed by atoms with Crippen LogP contribution >= 0.6 is 0 Å². The van der Waals surface area contributed by atoms with E-state index in [1.165, 1.54) is 6.07 Å². The van der Waals surface area contributed by atoms with E-state index in [1.807, 2.05) is 6.07 Å². The molecule has 0 spiro atoms. The molecular formula is C16H22FN3O. The average molecular weight is 291 g/mol. The van der Waals surface area contributed by atoms with Gasteiger partial charge in [0.05, 0.1) is 0 Å². The summed E-state index contributed by atoms with van der Waals surface area (Å²) in [5.74, 6) is -0.221. The third-order valence-corrected chi connectivity index (χ3v) is 4.55. The van der Waals surface area contributed by atoms with Crippen LogP contribution < -0.4 is 10.2 Å². The van der Waals surface area contributed by atoms with Crippen LogP contribution in [-0.2, 0) is 11.2 Å². The molecule has 21 heavy (non-hydrogen) atoms. The third kappa shape index (κ3) is 3.02. The van der Waals surface area contributed by atoms with Crippen LogP contribution in [-0.4, -0.2) is 50.6 Å². The fourth-order valence-electron chi connectivity index (χ4n) is 3.18. The number of anilines is 1. The van der Waals surface area contributed by atoms with E-state index in [9.17, 15) is 9.18 Å². The quantitative estimate of drug-likeness (QED) is 0.910. The number of carbonyl (C=O) groups excluding carboxylic acids is 1. The van der Waals surface area contributed by atoms with Gasteiger partial charge in [-0.3, -0.25) is 4.79 Å². The second kappa shape index (κ2) is 6.02. The lowest BCUT2D eigenvalue weighted by atomic mass is 9.95. The highest BCUT2D eigenvalue weighted by molar-refractivity contribution is 5.81. The maximum absolute atomic E-state index is 14.3. The molecule has 1 N–H and O–H groups in total. The number of rotatable bonds is 3. The monoisotopic (exact) mass is 291 g/mol. The first-order valence-corrected chi connectivity index (χ1v) is 7.64. The molecule has 2 aliphatic heterocycles. The molecule has 1 atom stereocenters. The number of benzene rings is 1. The van der Waals surface area contributed by atoms with Crippen LogP contribution in [0.4, 0.5) is 10.1 Å². The van der Waals surface area contributed by atoms with Crippen molar-refractivity contribution in [3.05, 3.63) is 29.6 Å². The summed E-state index contributed by atoms with van der Waals surface area (Å²) in [6, 6.07) is 5.25. The van der Waals surface area contributed by atoms with Gasteiger partial charge >= 0.3 is 0 Å². The summed E-state index contributed by atoms with van der Waals surface area (Å²) in [6.45, 7) is 4.50. The minimum absolute atomic E-state index is 0.0579. The first-order valence-electron chi connectivity index (χ1n) is 7.64. The van der Waals surface area contributed by atoms with Crippen LogP contribution in [0.2, 0.25) is 0 Å². The Morgan fingerprint density at radius 3 is 2.71 bits per heavy atom. The van der Waals surface area contributed by atoms with Crippen molar-refractivity contribution in [1.82, 2.24) is 10.2 Å². The smallest absolute Gasteiger partial charge is 0.223 e. The Labute approximate surface area is 124 Å². The van der Waals surface area contributed by atoms with Gasteiger partial charge in [-0.15, -0.1) is 0 Å². The molecule has 4 nitrogen and oxygen atoms in total. The maximum Gasteiger partial charge on any atom is 0.223 e. The van der Waals surface area contributed by atoms with Crippen molar-refractivity contribution in [1.29, 1.82) is 0 Å². The van der Waals surface area contributed by atoms with E-state index in [0.717, 1.165) is 38.3 Å². The van der Waals surface area contributed by atoms with Crippen molar-refractivity contribution in [2.24, 2.45) is 5.92 Å². The Kier molecular flexibility index (Phi) is 4.10. The van der Waals surface area contributed by atoms with Crippen LogP contribution in [0, 0.1) is 11.7 Å². The fraction of sp³-hybridized carbons (Fsp3) is 0.562. The van der Waals surface area contributed by atoms with Crippen LogP contribution in [0.3, 0.4) is 0 Å². The number of piperazine rings is 1. The van der Waals surface area contributed by atoms with Gasteiger partial charge in [-0.2, -0.15) is 0 Å². The number of hydrogen-bond donors (Lipinski definition) is 1. The number of likely N-dealkylation sites (N-methyl/N-ethyl adjacent to an activating group) is 1. The number of halogens is 1. The largest absolute Gasteiger partial charge is 0.369 e. The number of nitrogens with zero attached hydrogens (tertiary/aromatic N) is 2. The molecule has 2 saturated heterocycles. The lowest BCUT2D eigenvalue weighted by Crippen LogP contribution is -2.45. The molecule has 1 aromatic rings. The average Bonchev–Trinajstić information content (AvgIpc) is 2.88. The van der Waals surface area contributed by atoms with Gasteiger partial charge in [0.15, 0.2) is 0 Å². The lowest BCUT2D eigenvalue weighted by molar-refractivity contribution is -0.122. The Morgan fingerprint density at radius 2 is 2.05 bits per heavy atom. The highest BCUT2D eigenvalue weighted by Crippen LogP contribution is 2.28. The van der Waals surface area contributed by atoms with Crippen molar-refractivity contribution in [2.45, 2.75) is 12.8 Å². The fourth-order valence-corrected chi connectivity index (χ4v) is 3.18. The van der Waals surface area contributed by atoms with Crippen LogP contribution in [0.25, 0.3) is 0 Å². The molecule has 0 bridgehead atoms. The van der Waals surface area contributed by atoms with Gasteiger partial charge in [-0.1, -0.05) is 6.07 Å². The van der Waals surface area contributed by atoms with E-state index in [-0.39, 0.29) is 17.6 Å². The Morgan fingerprint density at radius 1 is 1.29 bits per heavy atom. The van der Waals surface area contributed by atoms with Crippen LogP contribution in [0.1, 0.15) is 12.0 Å². The summed E-state index contributed by atoms with van der Waals surface area (Å²) in [4.78, 5) is 16.3. The van der Waals surface area contributed by atoms with E-state index >= 15 is 0 Å². The Hall–Kier alpha value is -1.62. The van der Waals surface area contributed by atoms with E-state index in [0.29, 0.717) is 18.5 Å². The SMILES string of the molecule is CN1CCN(c2cccc(F)c2CC2CCNC2=O)CC1. The van der Waals surface area contributed by atoms with Gasteiger partial charge < -0.3 is 15.1 Å². The van der Waals surface area contributed by atoms with Crippen molar-refractivity contribution >= 4 is 11.6 Å². The van der Waals surface area contributed by atoms with Crippen molar-refractivity contribution in [3.8, 4) is 0 Å². The molecule has 0 saturated carbocycles. The maximum atomic E-state index is 14.3. The summed E-state index contributed by atoms with van der Waals surface area (Å²) in [5.41, 5.74) is 1.66. The van der Waals surface area contributed by atoms with E-state index in [4.69, 9.17) is 0 Å². The van der Waals surface area contributed by atoms with Gasteiger partial charge in [-0.05, 0) is 32.0 Å². The first kappa shape index (κ1) is 14.3. The molecule has 0 radical (unpaired) electrons. The Bertz CT molecular complexity index is 526. The van der Waals surface area contributed by atoms with E-state index < -0.39 is 0 Å². The zero-order chi connectivity index (χ0) is 14.8. The molecular weight excluding hydrogens is 269 g/mol. The second-order valence-electron chi connectivity index (χ2n) is 6.01. The Balaban J connectivity index is 1.83. The molecule has 2 heterocycles. The summed E-state index contributed by atoms with van der Waals surface area (Å²) in [5, 5.41) is 2.83. The summed E-state index contributed by atoms with van der Waals surface area (Å²) < 4.78 is 14.3. The second-order valence-corrected chi connectivity index (χ2v) is 6.01. The molecule has 1 unspecified atom stereocenters. The predicted molar refractivity (Wildman–Crippen MR) is 80.9 cm³/mol. The van der Waals surface area contributed by atoms with Gasteiger partial charge in [0.2, 0.25) is 5.91 Å². The molecule has 3 rings (SSSR count). The van der Waals surface area contributed by atoms with Crippen molar-refractivity contribution in [3.63, 3.8) is 0 Å². The number of amides is 1. The normalized spacial score (nSPS) is 23.4. The summed E-state index contributed by atoms with van der Waals surface area (Å²) >= 11 is 0. The summed E-state index contributed by atoms with van der Waals surface area (Å²) in [7, 11) is 2.10. The van der Waals surface area contributed by atoms with Gasteiger partial charge in [0.1, 0.15) is 5.82 Å². The number of hydrogen-bond acceptors (Lipinski definition) is 3. The highest BCUT2D eigenvalue weighted by Gasteiger charge is 2.27. The van der Waals surface area contributed by atoms with Gasteiger partial charge in [0, 0.05) is 49.9 Å². The molecule has 2 fully saturated rings. The zero-order valence-corrected chi connectivity index (χ0v) is 12.4. The standard InChI is InChI=1S/C16H22FN3O/c1-19-7-9-20(10-8-19)15-4-2-3-14(17)13(15)11-12-5-6-18-16(12)21/h2-4,12H,5-11H2,1H3,(H,18,21). The molecule has 1 aromatic carbocycles. The molecule has 0 aromatic heterocycles.